The van der Waals surface area contributed by atoms with Gasteiger partial charge in [-0.3, -0.25) is 9.59 Å². The van der Waals surface area contributed by atoms with Gasteiger partial charge in [0.05, 0.1) is 24.6 Å². The Morgan fingerprint density at radius 2 is 1.71 bits per heavy atom. The number of carbonyl (C=O) groups is 2. The topological polar surface area (TPSA) is 87.2 Å². The Labute approximate surface area is 140 Å². The van der Waals surface area contributed by atoms with E-state index < -0.39 is 0 Å². The molecule has 0 radical (unpaired) electrons. The lowest BCUT2D eigenvalue weighted by atomic mass is 10.2. The molecule has 0 saturated carbocycles. The molecule has 0 bridgehead atoms. The number of nitrogens with zero attached hydrogens (tertiary/aromatic N) is 3. The van der Waals surface area contributed by atoms with Gasteiger partial charge in [-0.1, -0.05) is 18.2 Å². The first-order valence-corrected chi connectivity index (χ1v) is 7.92. The van der Waals surface area contributed by atoms with E-state index in [-0.39, 0.29) is 18.4 Å². The van der Waals surface area contributed by atoms with Crippen molar-refractivity contribution >= 4 is 23.5 Å². The molecule has 7 nitrogen and oxygen atoms in total. The van der Waals surface area contributed by atoms with E-state index in [0.29, 0.717) is 17.2 Å². The monoisotopic (exact) mass is 325 g/mol. The Hall–Kier alpha value is -2.96. The van der Waals surface area contributed by atoms with E-state index in [1.807, 2.05) is 6.07 Å². The molecule has 2 N–H and O–H groups in total. The number of rotatable bonds is 5. The van der Waals surface area contributed by atoms with E-state index in [9.17, 15) is 9.59 Å². The van der Waals surface area contributed by atoms with Gasteiger partial charge in [0.2, 0.25) is 11.9 Å². The largest absolute Gasteiger partial charge is 0.343 e. The third-order valence-electron chi connectivity index (χ3n) is 3.76. The fourth-order valence-corrected chi connectivity index (χ4v) is 2.52. The summed E-state index contributed by atoms with van der Waals surface area (Å²) in [5, 5.41) is 5.24. The van der Waals surface area contributed by atoms with Gasteiger partial charge >= 0.3 is 0 Å². The summed E-state index contributed by atoms with van der Waals surface area (Å²) in [5.41, 5.74) is 1.03. The molecule has 2 aromatic rings. The molecule has 1 fully saturated rings. The van der Waals surface area contributed by atoms with Crippen LogP contribution in [0.1, 0.15) is 23.2 Å². The van der Waals surface area contributed by atoms with E-state index in [2.05, 4.69) is 25.5 Å². The summed E-state index contributed by atoms with van der Waals surface area (Å²) in [6.45, 7) is 1.83. The molecule has 1 aliphatic rings. The van der Waals surface area contributed by atoms with Crippen LogP contribution in [0.2, 0.25) is 0 Å². The molecule has 1 aromatic heterocycles. The molecule has 0 atom stereocenters. The zero-order valence-corrected chi connectivity index (χ0v) is 13.2. The minimum atomic E-state index is -0.322. The van der Waals surface area contributed by atoms with E-state index in [1.165, 1.54) is 0 Å². The quantitative estimate of drug-likeness (QED) is 0.869. The van der Waals surface area contributed by atoms with Gasteiger partial charge in [-0.05, 0) is 25.0 Å². The summed E-state index contributed by atoms with van der Waals surface area (Å²) in [6.07, 6.45) is 5.47. The van der Waals surface area contributed by atoms with Crippen LogP contribution in [0.3, 0.4) is 0 Å². The molecular formula is C17H19N5O2. The van der Waals surface area contributed by atoms with Crippen molar-refractivity contribution in [2.75, 3.05) is 29.9 Å². The van der Waals surface area contributed by atoms with E-state index in [4.69, 9.17) is 0 Å². The Bertz CT molecular complexity index is 697. The Kier molecular flexibility index (Phi) is 5.00. The number of amides is 2. The Morgan fingerprint density at radius 1 is 1.04 bits per heavy atom. The number of nitrogens with one attached hydrogen (secondary N) is 2. The van der Waals surface area contributed by atoms with Gasteiger partial charge in [0, 0.05) is 18.7 Å². The maximum Gasteiger partial charge on any atom is 0.251 e. The van der Waals surface area contributed by atoms with Crippen LogP contribution >= 0.6 is 0 Å². The van der Waals surface area contributed by atoms with Gasteiger partial charge in [0.25, 0.3) is 5.91 Å². The smallest absolute Gasteiger partial charge is 0.251 e. The van der Waals surface area contributed by atoms with Crippen LogP contribution in [-0.4, -0.2) is 41.4 Å². The highest BCUT2D eigenvalue weighted by molar-refractivity contribution is 5.99. The lowest BCUT2D eigenvalue weighted by molar-refractivity contribution is -0.115. The Balaban J connectivity index is 1.48. The molecule has 1 saturated heterocycles. The van der Waals surface area contributed by atoms with Crippen molar-refractivity contribution in [2.45, 2.75) is 12.8 Å². The first kappa shape index (κ1) is 15.9. The second-order valence-electron chi connectivity index (χ2n) is 5.56. The molecule has 2 amide bonds. The number of aromatic nitrogens is 2. The zero-order valence-electron chi connectivity index (χ0n) is 13.2. The van der Waals surface area contributed by atoms with Crippen molar-refractivity contribution in [2.24, 2.45) is 0 Å². The molecule has 0 aliphatic carbocycles. The first-order chi connectivity index (χ1) is 11.7. The highest BCUT2D eigenvalue weighted by Gasteiger charge is 2.14. The van der Waals surface area contributed by atoms with Gasteiger partial charge in [-0.2, -0.15) is 0 Å². The van der Waals surface area contributed by atoms with Crippen molar-refractivity contribution in [3.8, 4) is 0 Å². The molecule has 24 heavy (non-hydrogen) atoms. The van der Waals surface area contributed by atoms with Crippen molar-refractivity contribution in [3.63, 3.8) is 0 Å². The summed E-state index contributed by atoms with van der Waals surface area (Å²) in [7, 11) is 0. The molecule has 3 rings (SSSR count). The third kappa shape index (κ3) is 4.07. The van der Waals surface area contributed by atoms with Gasteiger partial charge in [0.15, 0.2) is 0 Å². The number of anilines is 2. The first-order valence-electron chi connectivity index (χ1n) is 7.92. The highest BCUT2D eigenvalue weighted by atomic mass is 16.2. The lowest BCUT2D eigenvalue weighted by Gasteiger charge is -2.14. The van der Waals surface area contributed by atoms with Crippen LogP contribution in [0.15, 0.2) is 42.7 Å². The molecule has 0 spiro atoms. The number of benzene rings is 1. The van der Waals surface area contributed by atoms with Crippen LogP contribution in [-0.2, 0) is 4.79 Å². The maximum absolute atomic E-state index is 11.9. The highest BCUT2D eigenvalue weighted by Crippen LogP contribution is 2.15. The lowest BCUT2D eigenvalue weighted by Crippen LogP contribution is -2.32. The second kappa shape index (κ2) is 7.54. The fourth-order valence-electron chi connectivity index (χ4n) is 2.52. The predicted octanol–water partition coefficient (Wildman–Crippen LogP) is 1.45. The van der Waals surface area contributed by atoms with Gasteiger partial charge in [0.1, 0.15) is 0 Å². The average Bonchev–Trinajstić information content (AvgIpc) is 3.16. The van der Waals surface area contributed by atoms with Gasteiger partial charge < -0.3 is 15.5 Å². The normalized spacial score (nSPS) is 13.6. The van der Waals surface area contributed by atoms with Crippen molar-refractivity contribution in [1.29, 1.82) is 0 Å². The number of hydrogen-bond donors (Lipinski definition) is 2. The third-order valence-corrected chi connectivity index (χ3v) is 3.76. The van der Waals surface area contributed by atoms with E-state index >= 15 is 0 Å². The van der Waals surface area contributed by atoms with Crippen LogP contribution in [0.5, 0.6) is 0 Å². The second-order valence-corrected chi connectivity index (χ2v) is 5.56. The molecular weight excluding hydrogens is 306 g/mol. The minimum Gasteiger partial charge on any atom is -0.343 e. The molecule has 0 unspecified atom stereocenters. The van der Waals surface area contributed by atoms with Crippen molar-refractivity contribution < 1.29 is 9.59 Å². The molecule has 124 valence electrons. The van der Waals surface area contributed by atoms with Crippen LogP contribution < -0.4 is 15.5 Å². The van der Waals surface area contributed by atoms with E-state index in [0.717, 1.165) is 25.9 Å². The summed E-state index contributed by atoms with van der Waals surface area (Å²) >= 11 is 0. The molecule has 2 heterocycles. The van der Waals surface area contributed by atoms with E-state index in [1.54, 1.807) is 36.7 Å². The standard InChI is InChI=1S/C17H19N5O2/c23-15(12-18-16(24)13-6-2-1-3-7-13)21-14-10-19-17(20-11-14)22-8-4-5-9-22/h1-3,6-7,10-11H,4-5,8-9,12H2,(H,18,24)(H,21,23). The summed E-state index contributed by atoms with van der Waals surface area (Å²) in [4.78, 5) is 34.4. The summed E-state index contributed by atoms with van der Waals surface area (Å²) in [5.74, 6) is 0.0751. The van der Waals surface area contributed by atoms with Crippen molar-refractivity contribution in [1.82, 2.24) is 15.3 Å². The summed E-state index contributed by atoms with van der Waals surface area (Å²) in [6, 6.07) is 8.76. The average molecular weight is 325 g/mol. The SMILES string of the molecule is O=C(CNC(=O)c1ccccc1)Nc1cnc(N2CCCC2)nc1. The Morgan fingerprint density at radius 3 is 2.38 bits per heavy atom. The van der Waals surface area contributed by atoms with Crippen LogP contribution in [0.25, 0.3) is 0 Å². The predicted molar refractivity (Wildman–Crippen MR) is 90.9 cm³/mol. The molecule has 1 aromatic carbocycles. The number of hydrogen-bond acceptors (Lipinski definition) is 5. The van der Waals surface area contributed by atoms with Gasteiger partial charge in [-0.25, -0.2) is 9.97 Å². The van der Waals surface area contributed by atoms with Crippen LogP contribution in [0.4, 0.5) is 11.6 Å². The zero-order chi connectivity index (χ0) is 16.8. The number of carbonyl (C=O) groups excluding carboxylic acids is 2. The molecule has 1 aliphatic heterocycles. The van der Waals surface area contributed by atoms with Crippen LogP contribution in [0, 0.1) is 0 Å². The minimum absolute atomic E-state index is 0.110. The van der Waals surface area contributed by atoms with Crippen molar-refractivity contribution in [3.05, 3.63) is 48.3 Å². The van der Waals surface area contributed by atoms with Gasteiger partial charge in [-0.15, -0.1) is 0 Å². The fraction of sp³-hybridized carbons (Fsp3) is 0.294. The summed E-state index contributed by atoms with van der Waals surface area (Å²) < 4.78 is 0. The maximum atomic E-state index is 11.9. The molecule has 7 heteroatoms.